The summed E-state index contributed by atoms with van der Waals surface area (Å²) in [4.78, 5) is 10.5. The quantitative estimate of drug-likeness (QED) is 0.397. The van der Waals surface area contributed by atoms with Gasteiger partial charge < -0.3 is 15.0 Å². The Morgan fingerprint density at radius 3 is 2.68 bits per heavy atom. The molecular formula is C19H27IN4O. The van der Waals surface area contributed by atoms with Crippen LogP contribution in [0.15, 0.2) is 53.8 Å². The molecule has 0 saturated heterocycles. The summed E-state index contributed by atoms with van der Waals surface area (Å²) in [5, 5.41) is 3.39. The van der Waals surface area contributed by atoms with E-state index in [1.807, 2.05) is 49.8 Å². The summed E-state index contributed by atoms with van der Waals surface area (Å²) in [6.07, 6.45) is 4.68. The highest BCUT2D eigenvalue weighted by atomic mass is 127. The van der Waals surface area contributed by atoms with E-state index in [1.165, 1.54) is 11.1 Å². The third kappa shape index (κ3) is 7.29. The maximum Gasteiger partial charge on any atom is 0.193 e. The zero-order chi connectivity index (χ0) is 17.2. The molecule has 0 saturated carbocycles. The number of benzene rings is 1. The highest BCUT2D eigenvalue weighted by Gasteiger charge is 2.06. The molecule has 0 aliphatic heterocycles. The van der Waals surface area contributed by atoms with E-state index < -0.39 is 0 Å². The number of likely N-dealkylation sites (N-methyl/N-ethyl adjacent to an activating group) is 1. The Labute approximate surface area is 167 Å². The molecule has 1 aromatic carbocycles. The fourth-order valence-corrected chi connectivity index (χ4v) is 2.40. The molecular weight excluding hydrogens is 427 g/mol. The monoisotopic (exact) mass is 454 g/mol. The van der Waals surface area contributed by atoms with E-state index in [4.69, 9.17) is 4.74 Å². The molecule has 0 aliphatic rings. The molecule has 0 atom stereocenters. The Morgan fingerprint density at radius 2 is 2.00 bits per heavy atom. The second-order valence-corrected chi connectivity index (χ2v) is 5.61. The van der Waals surface area contributed by atoms with Crippen LogP contribution in [0, 0.1) is 6.92 Å². The molecule has 2 rings (SSSR count). The van der Waals surface area contributed by atoms with E-state index in [0.29, 0.717) is 6.61 Å². The van der Waals surface area contributed by atoms with Crippen molar-refractivity contribution in [3.63, 3.8) is 0 Å². The Balaban J connectivity index is 0.00000312. The normalized spacial score (nSPS) is 10.8. The molecule has 6 heteroatoms. The predicted octanol–water partition coefficient (Wildman–Crippen LogP) is 3.14. The van der Waals surface area contributed by atoms with E-state index in [0.717, 1.165) is 31.2 Å². The van der Waals surface area contributed by atoms with E-state index in [-0.39, 0.29) is 24.0 Å². The molecule has 25 heavy (non-hydrogen) atoms. The number of guanidine groups is 1. The Kier molecular flexibility index (Phi) is 9.91. The topological polar surface area (TPSA) is 49.8 Å². The van der Waals surface area contributed by atoms with Gasteiger partial charge in [0.25, 0.3) is 0 Å². The van der Waals surface area contributed by atoms with Crippen molar-refractivity contribution in [3.05, 3.63) is 59.9 Å². The Morgan fingerprint density at radius 1 is 1.24 bits per heavy atom. The first-order valence-electron chi connectivity index (χ1n) is 8.20. The van der Waals surface area contributed by atoms with Gasteiger partial charge in [-0.25, -0.2) is 0 Å². The summed E-state index contributed by atoms with van der Waals surface area (Å²) in [7, 11) is 3.82. The highest BCUT2D eigenvalue weighted by Crippen LogP contribution is 2.08. The molecule has 0 radical (unpaired) electrons. The van der Waals surface area contributed by atoms with Crippen LogP contribution in [0.25, 0.3) is 0 Å². The lowest BCUT2D eigenvalue weighted by molar-refractivity contribution is 0.281. The van der Waals surface area contributed by atoms with Crippen molar-refractivity contribution in [1.29, 1.82) is 0 Å². The first-order chi connectivity index (χ1) is 11.7. The molecule has 2 aromatic rings. The van der Waals surface area contributed by atoms with E-state index in [2.05, 4.69) is 33.2 Å². The standard InChI is InChI=1S/C19H26N4O.HI/c1-16-15-21-11-9-17(16)10-12-22-19(20-2)23(3)13-14-24-18-7-5-4-6-8-18;/h4-9,11,15H,10,12-14H2,1-3H3,(H,20,22);1H. The van der Waals surface area contributed by atoms with Gasteiger partial charge in [-0.05, 0) is 42.7 Å². The maximum atomic E-state index is 5.73. The van der Waals surface area contributed by atoms with Gasteiger partial charge in [0, 0.05) is 33.0 Å². The van der Waals surface area contributed by atoms with Crippen LogP contribution in [0.4, 0.5) is 0 Å². The first kappa shape index (κ1) is 21.2. The summed E-state index contributed by atoms with van der Waals surface area (Å²) in [6, 6.07) is 11.9. The van der Waals surface area contributed by atoms with Crippen LogP contribution in [-0.4, -0.2) is 49.6 Å². The number of hydrogen-bond donors (Lipinski definition) is 1. The number of ether oxygens (including phenoxy) is 1. The molecule has 0 aliphatic carbocycles. The van der Waals surface area contributed by atoms with Gasteiger partial charge in [0.1, 0.15) is 12.4 Å². The maximum absolute atomic E-state index is 5.73. The minimum atomic E-state index is 0. The lowest BCUT2D eigenvalue weighted by Gasteiger charge is -2.22. The van der Waals surface area contributed by atoms with Crippen molar-refractivity contribution < 1.29 is 4.74 Å². The van der Waals surface area contributed by atoms with Crippen LogP contribution < -0.4 is 10.1 Å². The van der Waals surface area contributed by atoms with Crippen LogP contribution in [0.2, 0.25) is 0 Å². The average Bonchev–Trinajstić information content (AvgIpc) is 2.61. The van der Waals surface area contributed by atoms with E-state index in [1.54, 1.807) is 7.05 Å². The number of aromatic nitrogens is 1. The lowest BCUT2D eigenvalue weighted by atomic mass is 10.1. The van der Waals surface area contributed by atoms with Gasteiger partial charge in [-0.1, -0.05) is 18.2 Å². The summed E-state index contributed by atoms with van der Waals surface area (Å²) in [5.41, 5.74) is 2.53. The minimum Gasteiger partial charge on any atom is -0.492 e. The lowest BCUT2D eigenvalue weighted by Crippen LogP contribution is -2.41. The average molecular weight is 454 g/mol. The summed E-state index contributed by atoms with van der Waals surface area (Å²) in [6.45, 7) is 4.30. The largest absolute Gasteiger partial charge is 0.492 e. The summed E-state index contributed by atoms with van der Waals surface area (Å²) >= 11 is 0. The van der Waals surface area contributed by atoms with Crippen molar-refractivity contribution in [1.82, 2.24) is 15.2 Å². The molecule has 5 nitrogen and oxygen atoms in total. The number of aliphatic imine (C=N–C) groups is 1. The number of rotatable bonds is 7. The number of nitrogens with one attached hydrogen (secondary N) is 1. The second-order valence-electron chi connectivity index (χ2n) is 5.61. The number of nitrogens with zero attached hydrogens (tertiary/aromatic N) is 3. The second kappa shape index (κ2) is 11.7. The molecule has 0 fully saturated rings. The molecule has 1 N–H and O–H groups in total. The van der Waals surface area contributed by atoms with Gasteiger partial charge in [0.05, 0.1) is 6.54 Å². The molecule has 1 heterocycles. The third-order valence-electron chi connectivity index (χ3n) is 3.83. The molecule has 0 unspecified atom stereocenters. The number of para-hydroxylation sites is 1. The van der Waals surface area contributed by atoms with Crippen molar-refractivity contribution in [2.24, 2.45) is 4.99 Å². The zero-order valence-electron chi connectivity index (χ0n) is 15.1. The fraction of sp³-hybridized carbons (Fsp3) is 0.368. The van der Waals surface area contributed by atoms with Gasteiger partial charge in [0.15, 0.2) is 5.96 Å². The SMILES string of the molecule is CN=C(NCCc1ccncc1C)N(C)CCOc1ccccc1.I. The predicted molar refractivity (Wildman–Crippen MR) is 114 cm³/mol. The van der Waals surface area contributed by atoms with Crippen molar-refractivity contribution in [3.8, 4) is 5.75 Å². The third-order valence-corrected chi connectivity index (χ3v) is 3.83. The van der Waals surface area contributed by atoms with Gasteiger partial charge in [-0.15, -0.1) is 24.0 Å². The number of aryl methyl sites for hydroxylation is 1. The van der Waals surface area contributed by atoms with Crippen molar-refractivity contribution in [2.75, 3.05) is 33.8 Å². The number of halogens is 1. The van der Waals surface area contributed by atoms with E-state index >= 15 is 0 Å². The van der Waals surface area contributed by atoms with Crippen LogP contribution >= 0.6 is 24.0 Å². The van der Waals surface area contributed by atoms with Gasteiger partial charge >= 0.3 is 0 Å². The molecule has 0 amide bonds. The van der Waals surface area contributed by atoms with Crippen LogP contribution in [0.5, 0.6) is 5.75 Å². The molecule has 0 spiro atoms. The van der Waals surface area contributed by atoms with Crippen molar-refractivity contribution >= 4 is 29.9 Å². The van der Waals surface area contributed by atoms with Gasteiger partial charge in [-0.3, -0.25) is 9.98 Å². The zero-order valence-corrected chi connectivity index (χ0v) is 17.4. The molecule has 1 aromatic heterocycles. The Hall–Kier alpha value is -1.83. The van der Waals surface area contributed by atoms with Gasteiger partial charge in [0.2, 0.25) is 0 Å². The summed E-state index contributed by atoms with van der Waals surface area (Å²) in [5.74, 6) is 1.76. The highest BCUT2D eigenvalue weighted by molar-refractivity contribution is 14.0. The van der Waals surface area contributed by atoms with Crippen molar-refractivity contribution in [2.45, 2.75) is 13.3 Å². The van der Waals surface area contributed by atoms with Crippen LogP contribution in [-0.2, 0) is 6.42 Å². The Bertz CT molecular complexity index is 649. The van der Waals surface area contributed by atoms with Gasteiger partial charge in [-0.2, -0.15) is 0 Å². The first-order valence-corrected chi connectivity index (χ1v) is 8.20. The van der Waals surface area contributed by atoms with E-state index in [9.17, 15) is 0 Å². The fourth-order valence-electron chi connectivity index (χ4n) is 2.40. The minimum absolute atomic E-state index is 0. The number of hydrogen-bond acceptors (Lipinski definition) is 3. The number of pyridine rings is 1. The van der Waals surface area contributed by atoms with Crippen LogP contribution in [0.1, 0.15) is 11.1 Å². The molecule has 136 valence electrons. The van der Waals surface area contributed by atoms with Crippen LogP contribution in [0.3, 0.4) is 0 Å². The summed E-state index contributed by atoms with van der Waals surface area (Å²) < 4.78 is 5.73. The molecule has 0 bridgehead atoms. The smallest absolute Gasteiger partial charge is 0.193 e.